The fourth-order valence-corrected chi connectivity index (χ4v) is 9.70. The molecule has 6 unspecified atom stereocenters. The van der Waals surface area contributed by atoms with E-state index in [1.807, 2.05) is 25.2 Å². The summed E-state index contributed by atoms with van der Waals surface area (Å²) in [6.45, 7) is 12.7. The highest BCUT2D eigenvalue weighted by atomic mass is 16.1. The second-order valence-corrected chi connectivity index (χ2v) is 12.6. The molecule has 0 bridgehead atoms. The van der Waals surface area contributed by atoms with Crippen LogP contribution in [0.5, 0.6) is 0 Å². The van der Waals surface area contributed by atoms with Gasteiger partial charge in [-0.25, -0.2) is 0 Å². The lowest BCUT2D eigenvalue weighted by molar-refractivity contribution is -0.135. The van der Waals surface area contributed by atoms with Gasteiger partial charge in [0.05, 0.1) is 0 Å². The first kappa shape index (κ1) is 25.1. The van der Waals surface area contributed by atoms with Crippen LogP contribution in [0.25, 0.3) is 0 Å². The van der Waals surface area contributed by atoms with Gasteiger partial charge in [-0.15, -0.1) is 0 Å². The summed E-state index contributed by atoms with van der Waals surface area (Å²) in [6.07, 6.45) is 22.6. The summed E-state index contributed by atoms with van der Waals surface area (Å²) in [6, 6.07) is 0. The highest BCUT2D eigenvalue weighted by molar-refractivity contribution is 5.96. The third-order valence-electron chi connectivity index (χ3n) is 11.3. The molecule has 2 heteroatoms. The van der Waals surface area contributed by atoms with Crippen molar-refractivity contribution in [3.63, 3.8) is 0 Å². The van der Waals surface area contributed by atoms with Crippen LogP contribution in [0.4, 0.5) is 0 Å². The number of carbonyl (C=O) groups is 1. The molecule has 4 rings (SSSR count). The molecule has 1 amide bonds. The minimum Gasteiger partial charge on any atom is -0.352 e. The maximum Gasteiger partial charge on any atom is 0.250 e. The van der Waals surface area contributed by atoms with E-state index in [9.17, 15) is 4.79 Å². The molecule has 1 N–H and O–H groups in total. The maximum absolute atomic E-state index is 12.7. The SMILES string of the molecule is C/C=C\C(=C/CC)C(=O)NCCC1CCC2C3C[C@H](CC)C4CCCCC4(C)[C@H]3CCC12C. The minimum atomic E-state index is 0.104. The van der Waals surface area contributed by atoms with Crippen molar-refractivity contribution in [1.29, 1.82) is 0 Å². The molecular formula is C31H51NO. The highest BCUT2D eigenvalue weighted by Crippen LogP contribution is 2.69. The molecule has 0 aliphatic heterocycles. The predicted molar refractivity (Wildman–Crippen MR) is 140 cm³/mol. The number of amides is 1. The van der Waals surface area contributed by atoms with Crippen molar-refractivity contribution in [3.8, 4) is 0 Å². The Balaban J connectivity index is 1.42. The highest BCUT2D eigenvalue weighted by Gasteiger charge is 2.60. The Morgan fingerprint density at radius 3 is 2.48 bits per heavy atom. The van der Waals surface area contributed by atoms with E-state index in [4.69, 9.17) is 0 Å². The Morgan fingerprint density at radius 1 is 0.970 bits per heavy atom. The third kappa shape index (κ3) is 4.50. The normalized spacial score (nSPS) is 43.1. The van der Waals surface area contributed by atoms with Crippen molar-refractivity contribution < 1.29 is 4.79 Å². The van der Waals surface area contributed by atoms with E-state index in [2.05, 4.69) is 33.0 Å². The van der Waals surface area contributed by atoms with Crippen molar-refractivity contribution in [2.75, 3.05) is 6.54 Å². The van der Waals surface area contributed by atoms with E-state index < -0.39 is 0 Å². The summed E-state index contributed by atoms with van der Waals surface area (Å²) in [4.78, 5) is 12.7. The van der Waals surface area contributed by atoms with Gasteiger partial charge in [0, 0.05) is 12.1 Å². The van der Waals surface area contributed by atoms with Gasteiger partial charge in [0.25, 0.3) is 5.91 Å². The summed E-state index contributed by atoms with van der Waals surface area (Å²) >= 11 is 0. The van der Waals surface area contributed by atoms with Gasteiger partial charge in [0.1, 0.15) is 0 Å². The van der Waals surface area contributed by atoms with Gasteiger partial charge in [-0.2, -0.15) is 0 Å². The molecule has 186 valence electrons. The summed E-state index contributed by atoms with van der Waals surface area (Å²) in [5, 5.41) is 3.25. The minimum absolute atomic E-state index is 0.104. The van der Waals surface area contributed by atoms with Gasteiger partial charge in [0.15, 0.2) is 0 Å². The van der Waals surface area contributed by atoms with E-state index in [1.54, 1.807) is 0 Å². The summed E-state index contributed by atoms with van der Waals surface area (Å²) in [5.41, 5.74) is 1.93. The first-order valence-corrected chi connectivity index (χ1v) is 14.5. The van der Waals surface area contributed by atoms with Crippen molar-refractivity contribution in [2.45, 2.75) is 112 Å². The second-order valence-electron chi connectivity index (χ2n) is 12.6. The lowest BCUT2D eigenvalue weighted by Crippen LogP contribution is -2.55. The zero-order valence-electron chi connectivity index (χ0n) is 22.3. The van der Waals surface area contributed by atoms with Crippen LogP contribution in [-0.2, 0) is 4.79 Å². The molecule has 0 radical (unpaired) electrons. The van der Waals surface area contributed by atoms with Gasteiger partial charge in [-0.3, -0.25) is 4.79 Å². The van der Waals surface area contributed by atoms with Crippen molar-refractivity contribution in [3.05, 3.63) is 23.8 Å². The van der Waals surface area contributed by atoms with Crippen LogP contribution >= 0.6 is 0 Å². The van der Waals surface area contributed by atoms with Gasteiger partial charge in [-0.1, -0.05) is 65.2 Å². The van der Waals surface area contributed by atoms with E-state index in [-0.39, 0.29) is 5.91 Å². The lowest BCUT2D eigenvalue weighted by atomic mass is 9.42. The van der Waals surface area contributed by atoms with Crippen LogP contribution in [0.1, 0.15) is 112 Å². The van der Waals surface area contributed by atoms with Crippen LogP contribution in [-0.4, -0.2) is 12.5 Å². The fourth-order valence-electron chi connectivity index (χ4n) is 9.70. The molecule has 4 fully saturated rings. The molecule has 4 aliphatic carbocycles. The molecule has 0 saturated heterocycles. The van der Waals surface area contributed by atoms with Gasteiger partial charge in [-0.05, 0) is 111 Å². The molecule has 4 saturated carbocycles. The molecule has 0 aromatic rings. The number of fused-ring (bicyclic) bond motifs is 5. The summed E-state index contributed by atoms with van der Waals surface area (Å²) in [7, 11) is 0. The molecule has 33 heavy (non-hydrogen) atoms. The lowest BCUT2D eigenvalue weighted by Gasteiger charge is -2.62. The van der Waals surface area contributed by atoms with E-state index >= 15 is 0 Å². The Kier molecular flexibility index (Phi) is 7.81. The number of nitrogens with one attached hydrogen (secondary N) is 1. The maximum atomic E-state index is 12.7. The first-order valence-electron chi connectivity index (χ1n) is 14.5. The second kappa shape index (κ2) is 10.3. The van der Waals surface area contributed by atoms with Crippen LogP contribution in [0.2, 0.25) is 0 Å². The molecule has 0 aromatic carbocycles. The average Bonchev–Trinajstić information content (AvgIpc) is 3.14. The molecular weight excluding hydrogens is 402 g/mol. The molecule has 2 nitrogen and oxygen atoms in total. The zero-order chi connectivity index (χ0) is 23.6. The smallest absolute Gasteiger partial charge is 0.250 e. The van der Waals surface area contributed by atoms with Crippen molar-refractivity contribution in [2.24, 2.45) is 46.3 Å². The summed E-state index contributed by atoms with van der Waals surface area (Å²) < 4.78 is 0. The number of rotatable bonds is 7. The van der Waals surface area contributed by atoms with E-state index in [0.29, 0.717) is 10.8 Å². The zero-order valence-corrected chi connectivity index (χ0v) is 22.3. The van der Waals surface area contributed by atoms with E-state index in [1.165, 1.54) is 64.2 Å². The molecule has 0 aromatic heterocycles. The Morgan fingerprint density at radius 2 is 1.76 bits per heavy atom. The standard InChI is InChI=1S/C31H51NO/c1-6-11-23(12-7-2)29(33)32-20-17-24-14-15-27-25-21-22(8-3)26-13-9-10-18-31(26,5)28(25)16-19-30(24,27)4/h6,11-12,22,24-28H,7-10,13-21H2,1-5H3,(H,32,33)/b11-6-,23-12+/t22-,24?,25?,26?,27?,28-,30?,31?/m0/s1. The van der Waals surface area contributed by atoms with Gasteiger partial charge in [0.2, 0.25) is 0 Å². The number of allylic oxidation sites excluding steroid dienone is 2. The van der Waals surface area contributed by atoms with Crippen molar-refractivity contribution in [1.82, 2.24) is 5.32 Å². The molecule has 0 heterocycles. The Hall–Kier alpha value is -1.05. The van der Waals surface area contributed by atoms with E-state index in [0.717, 1.165) is 60.5 Å². The number of hydrogen-bond acceptors (Lipinski definition) is 1. The van der Waals surface area contributed by atoms with Crippen molar-refractivity contribution >= 4 is 5.91 Å². The topological polar surface area (TPSA) is 29.1 Å². The quantitative estimate of drug-likeness (QED) is 0.306. The van der Waals surface area contributed by atoms with Crippen LogP contribution in [0, 0.1) is 46.3 Å². The van der Waals surface area contributed by atoms with Gasteiger partial charge < -0.3 is 5.32 Å². The third-order valence-corrected chi connectivity index (χ3v) is 11.3. The Bertz CT molecular complexity index is 752. The predicted octanol–water partition coefficient (Wildman–Crippen LogP) is 8.09. The van der Waals surface area contributed by atoms with Crippen LogP contribution in [0.3, 0.4) is 0 Å². The first-order chi connectivity index (χ1) is 15.9. The van der Waals surface area contributed by atoms with Gasteiger partial charge >= 0.3 is 0 Å². The van der Waals surface area contributed by atoms with Crippen LogP contribution in [0.15, 0.2) is 23.8 Å². The Labute approximate surface area is 204 Å². The van der Waals surface area contributed by atoms with Crippen LogP contribution < -0.4 is 5.32 Å². The average molecular weight is 454 g/mol. The number of carbonyl (C=O) groups excluding carboxylic acids is 1. The fraction of sp³-hybridized carbons (Fsp3) is 0.839. The monoisotopic (exact) mass is 453 g/mol. The molecule has 4 aliphatic rings. The molecule has 8 atom stereocenters. The summed E-state index contributed by atoms with van der Waals surface area (Å²) in [5.74, 6) is 5.70. The largest absolute Gasteiger partial charge is 0.352 e. The number of hydrogen-bond donors (Lipinski definition) is 1. The molecule has 0 spiro atoms.